The van der Waals surface area contributed by atoms with Crippen molar-refractivity contribution >= 4 is 37.3 Å². The topological polar surface area (TPSA) is 109 Å². The lowest BCUT2D eigenvalue weighted by atomic mass is 9.97. The lowest BCUT2D eigenvalue weighted by Crippen LogP contribution is -2.35. The van der Waals surface area contributed by atoms with Gasteiger partial charge in [-0.05, 0) is 23.9 Å². The standard InChI is InChI=1S/C20H25ClN2O7PS/c1-12(31(25)28-10-20(2,3)11-29-31)30-18(24)17-13(21)7-6-8-14(17)32-19-22-15(26-4)9-16(23-19)27-5/h6-9,12,25H,10-11H2,1-5H3/q+1. The molecule has 0 radical (unpaired) electrons. The first-order chi connectivity index (χ1) is 15.1. The number of methoxy groups -OCH3 is 2. The Bertz CT molecular complexity index is 962. The summed E-state index contributed by atoms with van der Waals surface area (Å²) in [4.78, 5) is 32.8. The molecule has 2 aromatic rings. The van der Waals surface area contributed by atoms with E-state index in [4.69, 9.17) is 34.9 Å². The molecule has 1 aromatic heterocycles. The minimum atomic E-state index is -3.38. The van der Waals surface area contributed by atoms with Crippen molar-refractivity contribution in [1.29, 1.82) is 0 Å². The van der Waals surface area contributed by atoms with E-state index < -0.39 is 19.8 Å². The molecule has 12 heteroatoms. The lowest BCUT2D eigenvalue weighted by molar-refractivity contribution is -0.00307. The molecular weight excluding hydrogens is 479 g/mol. The van der Waals surface area contributed by atoms with Crippen molar-refractivity contribution in [2.75, 3.05) is 27.4 Å². The number of carbonyl (C=O) groups excluding carboxylic acids is 1. The van der Waals surface area contributed by atoms with Crippen molar-refractivity contribution in [1.82, 2.24) is 9.97 Å². The van der Waals surface area contributed by atoms with Gasteiger partial charge in [0.1, 0.15) is 13.2 Å². The van der Waals surface area contributed by atoms with Crippen LogP contribution >= 0.6 is 31.3 Å². The van der Waals surface area contributed by atoms with E-state index in [0.717, 1.165) is 11.8 Å². The highest BCUT2D eigenvalue weighted by atomic mass is 35.5. The molecule has 1 fully saturated rings. The molecule has 0 aliphatic carbocycles. The van der Waals surface area contributed by atoms with Crippen molar-refractivity contribution in [3.63, 3.8) is 0 Å². The van der Waals surface area contributed by atoms with Crippen molar-refractivity contribution in [2.24, 2.45) is 5.41 Å². The SMILES string of the molecule is COc1cc(OC)nc(Sc2cccc(Cl)c2C(=O)OC(C)[P+]2(O)OCC(C)(C)CO2)n1. The summed E-state index contributed by atoms with van der Waals surface area (Å²) in [5, 5.41) is 0.469. The van der Waals surface area contributed by atoms with Crippen molar-refractivity contribution in [2.45, 2.75) is 36.7 Å². The highest BCUT2D eigenvalue weighted by molar-refractivity contribution is 7.99. The molecule has 3 rings (SSSR count). The van der Waals surface area contributed by atoms with Crippen LogP contribution in [-0.2, 0) is 13.8 Å². The van der Waals surface area contributed by atoms with Gasteiger partial charge in [-0.15, -0.1) is 0 Å². The summed E-state index contributed by atoms with van der Waals surface area (Å²) >= 11 is 7.42. The molecule has 1 aliphatic rings. The molecule has 0 amide bonds. The van der Waals surface area contributed by atoms with Gasteiger partial charge in [0, 0.05) is 17.2 Å². The Labute approximate surface area is 196 Å². The maximum absolute atomic E-state index is 13.0. The molecule has 174 valence electrons. The number of rotatable bonds is 7. The monoisotopic (exact) mass is 503 g/mol. The van der Waals surface area contributed by atoms with Crippen LogP contribution in [0.2, 0.25) is 5.02 Å². The van der Waals surface area contributed by atoms with Gasteiger partial charge in [-0.2, -0.15) is 23.9 Å². The van der Waals surface area contributed by atoms with Crippen molar-refractivity contribution in [3.05, 3.63) is 34.9 Å². The van der Waals surface area contributed by atoms with Crippen LogP contribution in [0.15, 0.2) is 34.3 Å². The van der Waals surface area contributed by atoms with Crippen LogP contribution in [0.25, 0.3) is 0 Å². The molecular formula is C20H25ClN2O7PS+. The molecule has 32 heavy (non-hydrogen) atoms. The second-order valence-electron chi connectivity index (χ2n) is 7.73. The molecule has 1 N–H and O–H groups in total. The Hall–Kier alpha value is -1.68. The Balaban J connectivity index is 1.82. The number of hydrogen-bond acceptors (Lipinski definition) is 10. The highest BCUT2D eigenvalue weighted by Gasteiger charge is 2.55. The van der Waals surface area contributed by atoms with Crippen LogP contribution in [0.4, 0.5) is 0 Å². The summed E-state index contributed by atoms with van der Waals surface area (Å²) in [7, 11) is -0.425. The van der Waals surface area contributed by atoms with Gasteiger partial charge in [-0.1, -0.05) is 31.5 Å². The number of esters is 1. The van der Waals surface area contributed by atoms with Crippen LogP contribution in [0, 0.1) is 5.41 Å². The van der Waals surface area contributed by atoms with Crippen LogP contribution in [-0.4, -0.2) is 54.1 Å². The van der Waals surface area contributed by atoms with Gasteiger partial charge in [-0.25, -0.2) is 4.79 Å². The fourth-order valence-electron chi connectivity index (χ4n) is 2.63. The van der Waals surface area contributed by atoms with Gasteiger partial charge in [0.2, 0.25) is 11.8 Å². The summed E-state index contributed by atoms with van der Waals surface area (Å²) in [5.41, 5.74) is -0.124. The molecule has 1 unspecified atom stereocenters. The zero-order valence-corrected chi connectivity index (χ0v) is 20.8. The predicted octanol–water partition coefficient (Wildman–Crippen LogP) is 4.63. The van der Waals surface area contributed by atoms with Crippen LogP contribution in [0.5, 0.6) is 11.8 Å². The average molecular weight is 504 g/mol. The van der Waals surface area contributed by atoms with E-state index in [9.17, 15) is 9.69 Å². The summed E-state index contributed by atoms with van der Waals surface area (Å²) in [6.45, 7) is 6.03. The summed E-state index contributed by atoms with van der Waals surface area (Å²) in [6, 6.07) is 6.49. The number of benzene rings is 1. The van der Waals surface area contributed by atoms with Gasteiger partial charge < -0.3 is 14.2 Å². The van der Waals surface area contributed by atoms with Gasteiger partial charge in [0.25, 0.3) is 5.85 Å². The molecule has 1 aromatic carbocycles. The number of aromatic nitrogens is 2. The fraction of sp³-hybridized carbons (Fsp3) is 0.450. The molecule has 9 nitrogen and oxygen atoms in total. The number of ether oxygens (including phenoxy) is 3. The first-order valence-corrected chi connectivity index (χ1v) is 12.5. The van der Waals surface area contributed by atoms with Gasteiger partial charge in [-0.3, -0.25) is 0 Å². The fourth-order valence-corrected chi connectivity index (χ4v) is 5.64. The molecule has 1 saturated heterocycles. The number of nitrogens with zero attached hydrogens (tertiary/aromatic N) is 2. The lowest BCUT2D eigenvalue weighted by Gasteiger charge is -2.33. The van der Waals surface area contributed by atoms with Gasteiger partial charge in [0.15, 0.2) is 5.16 Å². The molecule has 2 heterocycles. The van der Waals surface area contributed by atoms with Crippen LogP contribution in [0.3, 0.4) is 0 Å². The summed E-state index contributed by atoms with van der Waals surface area (Å²) < 4.78 is 27.0. The minimum absolute atomic E-state index is 0.111. The van der Waals surface area contributed by atoms with Crippen molar-refractivity contribution in [3.8, 4) is 11.8 Å². The highest BCUT2D eigenvalue weighted by Crippen LogP contribution is 2.65. The van der Waals surface area contributed by atoms with Crippen LogP contribution < -0.4 is 9.47 Å². The van der Waals surface area contributed by atoms with E-state index in [0.29, 0.717) is 29.9 Å². The Morgan fingerprint density at radius 1 is 1.22 bits per heavy atom. The van der Waals surface area contributed by atoms with E-state index in [-0.39, 0.29) is 21.2 Å². The third-order valence-electron chi connectivity index (χ3n) is 4.48. The van der Waals surface area contributed by atoms with Gasteiger partial charge >= 0.3 is 13.9 Å². The number of carbonyl (C=O) groups is 1. The van der Waals surface area contributed by atoms with Gasteiger partial charge in [0.05, 0.1) is 30.9 Å². The molecule has 1 aliphatic heterocycles. The zero-order valence-electron chi connectivity index (χ0n) is 18.3. The average Bonchev–Trinajstić information content (AvgIpc) is 2.75. The second kappa shape index (κ2) is 10.1. The number of hydrogen-bond donors (Lipinski definition) is 1. The first-order valence-electron chi connectivity index (χ1n) is 9.62. The first kappa shape index (κ1) is 25.0. The minimum Gasteiger partial charge on any atom is -0.481 e. The Morgan fingerprint density at radius 2 is 1.81 bits per heavy atom. The normalized spacial score (nSPS) is 18.0. The summed E-state index contributed by atoms with van der Waals surface area (Å²) in [5.74, 6) is -1.12. The van der Waals surface area contributed by atoms with E-state index in [1.54, 1.807) is 18.2 Å². The maximum Gasteiger partial charge on any atom is 0.452 e. The molecule has 0 bridgehead atoms. The molecule has 0 spiro atoms. The van der Waals surface area contributed by atoms with E-state index in [1.807, 2.05) is 13.8 Å². The quantitative estimate of drug-likeness (QED) is 0.326. The maximum atomic E-state index is 13.0. The number of halogens is 1. The largest absolute Gasteiger partial charge is 0.481 e. The van der Waals surface area contributed by atoms with E-state index in [2.05, 4.69) is 9.97 Å². The third-order valence-corrected chi connectivity index (χ3v) is 7.74. The second-order valence-corrected chi connectivity index (χ2v) is 11.5. The van der Waals surface area contributed by atoms with E-state index in [1.165, 1.54) is 27.2 Å². The predicted molar refractivity (Wildman–Crippen MR) is 120 cm³/mol. The van der Waals surface area contributed by atoms with Crippen LogP contribution in [0.1, 0.15) is 31.1 Å². The van der Waals surface area contributed by atoms with E-state index >= 15 is 0 Å². The Kier molecular flexibility index (Phi) is 7.85. The molecule has 1 atom stereocenters. The smallest absolute Gasteiger partial charge is 0.452 e. The zero-order chi connectivity index (χ0) is 23.5. The Morgan fingerprint density at radius 3 is 2.38 bits per heavy atom. The molecule has 0 saturated carbocycles. The third kappa shape index (κ3) is 5.81. The summed E-state index contributed by atoms with van der Waals surface area (Å²) in [6.07, 6.45) is 0. The van der Waals surface area contributed by atoms with Crippen molar-refractivity contribution < 1.29 is 32.9 Å².